The molecule has 1 aromatic heterocycles. The van der Waals surface area contributed by atoms with Crippen LogP contribution in [0.3, 0.4) is 0 Å². The van der Waals surface area contributed by atoms with Crippen LogP contribution in [0.25, 0.3) is 0 Å². The highest BCUT2D eigenvalue weighted by atomic mass is 16.5. The van der Waals surface area contributed by atoms with Crippen molar-refractivity contribution in [2.24, 2.45) is 4.99 Å². The number of methoxy groups -OCH3 is 1. The molecule has 7 nitrogen and oxygen atoms in total. The predicted octanol–water partition coefficient (Wildman–Crippen LogP) is 1.52. The van der Waals surface area contributed by atoms with Crippen LogP contribution >= 0.6 is 0 Å². The lowest BCUT2D eigenvalue weighted by Gasteiger charge is -2.14. The number of aryl methyl sites for hydroxylation is 2. The van der Waals surface area contributed by atoms with E-state index >= 15 is 0 Å². The maximum absolute atomic E-state index is 5.43. The van der Waals surface area contributed by atoms with Crippen molar-refractivity contribution in [2.45, 2.75) is 33.4 Å². The summed E-state index contributed by atoms with van der Waals surface area (Å²) >= 11 is 0. The van der Waals surface area contributed by atoms with Crippen LogP contribution in [0.4, 0.5) is 0 Å². The number of nitrogens with one attached hydrogen (secondary N) is 2. The Kier molecular flexibility index (Phi) is 6.60. The SMILES string of the molecule is CCc1nncn1CCNC(=NC)NCc1ccc(C)cc1OC. The molecule has 2 N–H and O–H groups in total. The average molecular weight is 330 g/mol. The lowest BCUT2D eigenvalue weighted by atomic mass is 10.1. The number of hydrogen-bond acceptors (Lipinski definition) is 4. The van der Waals surface area contributed by atoms with E-state index in [-0.39, 0.29) is 0 Å². The second-order valence-corrected chi connectivity index (χ2v) is 5.46. The first-order valence-electron chi connectivity index (χ1n) is 8.12. The molecule has 7 heteroatoms. The molecule has 0 aliphatic carbocycles. The van der Waals surface area contributed by atoms with Crippen LogP contribution < -0.4 is 15.4 Å². The van der Waals surface area contributed by atoms with Crippen molar-refractivity contribution in [3.63, 3.8) is 0 Å². The van der Waals surface area contributed by atoms with Crippen molar-refractivity contribution >= 4 is 5.96 Å². The highest BCUT2D eigenvalue weighted by Crippen LogP contribution is 2.19. The highest BCUT2D eigenvalue weighted by molar-refractivity contribution is 5.79. The van der Waals surface area contributed by atoms with Crippen molar-refractivity contribution in [3.8, 4) is 5.75 Å². The number of aliphatic imine (C=N–C) groups is 1. The molecule has 0 spiro atoms. The molecule has 0 unspecified atom stereocenters. The fourth-order valence-electron chi connectivity index (χ4n) is 2.43. The maximum atomic E-state index is 5.43. The molecule has 0 fully saturated rings. The largest absolute Gasteiger partial charge is 0.496 e. The van der Waals surface area contributed by atoms with E-state index in [2.05, 4.69) is 51.8 Å². The minimum atomic E-state index is 0.649. The summed E-state index contributed by atoms with van der Waals surface area (Å²) in [5.41, 5.74) is 2.27. The molecule has 1 aromatic carbocycles. The molecular formula is C17H26N6O. The minimum Gasteiger partial charge on any atom is -0.496 e. The second kappa shape index (κ2) is 8.90. The van der Waals surface area contributed by atoms with Gasteiger partial charge in [0.1, 0.15) is 17.9 Å². The van der Waals surface area contributed by atoms with Crippen LogP contribution in [-0.4, -0.2) is 41.4 Å². The molecule has 0 amide bonds. The van der Waals surface area contributed by atoms with E-state index in [4.69, 9.17) is 4.74 Å². The third kappa shape index (κ3) is 4.71. The van der Waals surface area contributed by atoms with Gasteiger partial charge in [0.25, 0.3) is 0 Å². The first-order valence-corrected chi connectivity index (χ1v) is 8.12. The molecule has 1 heterocycles. The standard InChI is InChI=1S/C17H26N6O/c1-5-16-22-21-12-23(16)9-8-19-17(18-3)20-11-14-7-6-13(2)10-15(14)24-4/h6-7,10,12H,5,8-9,11H2,1-4H3,(H2,18,19,20). The molecule has 0 aliphatic rings. The Morgan fingerprint density at radius 1 is 1.33 bits per heavy atom. The predicted molar refractivity (Wildman–Crippen MR) is 95.3 cm³/mol. The van der Waals surface area contributed by atoms with E-state index in [1.54, 1.807) is 20.5 Å². The molecule has 0 saturated carbocycles. The first-order chi connectivity index (χ1) is 11.7. The summed E-state index contributed by atoms with van der Waals surface area (Å²) in [5.74, 6) is 2.63. The quantitative estimate of drug-likeness (QED) is 0.595. The van der Waals surface area contributed by atoms with Crippen LogP contribution in [0, 0.1) is 6.92 Å². The van der Waals surface area contributed by atoms with Crippen molar-refractivity contribution in [1.82, 2.24) is 25.4 Å². The molecule has 0 aliphatic heterocycles. The maximum Gasteiger partial charge on any atom is 0.191 e. The van der Waals surface area contributed by atoms with E-state index < -0.39 is 0 Å². The Bertz CT molecular complexity index is 679. The molecule has 0 bridgehead atoms. The van der Waals surface area contributed by atoms with E-state index in [0.29, 0.717) is 6.54 Å². The van der Waals surface area contributed by atoms with Gasteiger partial charge in [0.15, 0.2) is 5.96 Å². The number of nitrogens with zero attached hydrogens (tertiary/aromatic N) is 4. The fraction of sp³-hybridized carbons (Fsp3) is 0.471. The van der Waals surface area contributed by atoms with Gasteiger partial charge >= 0.3 is 0 Å². The van der Waals surface area contributed by atoms with Gasteiger partial charge < -0.3 is 19.9 Å². The summed E-state index contributed by atoms with van der Waals surface area (Å²) in [7, 11) is 3.45. The molecule has 2 aromatic rings. The van der Waals surface area contributed by atoms with Crippen molar-refractivity contribution in [1.29, 1.82) is 0 Å². The van der Waals surface area contributed by atoms with Crippen LogP contribution in [0.5, 0.6) is 5.75 Å². The summed E-state index contributed by atoms with van der Waals surface area (Å²) in [6.07, 6.45) is 2.63. The van der Waals surface area contributed by atoms with Crippen LogP contribution in [0.15, 0.2) is 29.5 Å². The molecule has 0 atom stereocenters. The zero-order valence-electron chi connectivity index (χ0n) is 14.8. The van der Waals surface area contributed by atoms with E-state index in [1.165, 1.54) is 5.56 Å². The Balaban J connectivity index is 1.85. The summed E-state index contributed by atoms with van der Waals surface area (Å²) in [6.45, 7) is 6.32. The number of hydrogen-bond donors (Lipinski definition) is 2. The van der Waals surface area contributed by atoms with Gasteiger partial charge in [-0.1, -0.05) is 19.1 Å². The van der Waals surface area contributed by atoms with Gasteiger partial charge in [-0.3, -0.25) is 4.99 Å². The van der Waals surface area contributed by atoms with E-state index in [1.807, 2.05) is 10.6 Å². The summed E-state index contributed by atoms with van der Waals surface area (Å²) in [6, 6.07) is 6.18. The molecule has 0 radical (unpaired) electrons. The van der Waals surface area contributed by atoms with Crippen LogP contribution in [0.2, 0.25) is 0 Å². The molecule has 0 saturated heterocycles. The zero-order valence-corrected chi connectivity index (χ0v) is 14.8. The number of benzene rings is 1. The lowest BCUT2D eigenvalue weighted by Crippen LogP contribution is -2.38. The Morgan fingerprint density at radius 3 is 2.88 bits per heavy atom. The smallest absolute Gasteiger partial charge is 0.191 e. The third-order valence-electron chi connectivity index (χ3n) is 3.77. The number of ether oxygens (including phenoxy) is 1. The summed E-state index contributed by atoms with van der Waals surface area (Å²) < 4.78 is 7.48. The Morgan fingerprint density at radius 2 is 2.17 bits per heavy atom. The van der Waals surface area contributed by atoms with Gasteiger partial charge in [0, 0.05) is 38.7 Å². The first kappa shape index (κ1) is 17.8. The summed E-state index contributed by atoms with van der Waals surface area (Å²) in [5, 5.41) is 14.6. The minimum absolute atomic E-state index is 0.649. The Hall–Kier alpha value is -2.57. The Labute approximate surface area is 143 Å². The molecule has 130 valence electrons. The third-order valence-corrected chi connectivity index (χ3v) is 3.77. The zero-order chi connectivity index (χ0) is 17.4. The normalized spacial score (nSPS) is 11.4. The number of guanidine groups is 1. The van der Waals surface area contributed by atoms with Gasteiger partial charge in [-0.25, -0.2) is 0 Å². The van der Waals surface area contributed by atoms with Crippen LogP contribution in [0.1, 0.15) is 23.9 Å². The van der Waals surface area contributed by atoms with E-state index in [0.717, 1.165) is 42.6 Å². The van der Waals surface area contributed by atoms with Gasteiger partial charge in [-0.2, -0.15) is 0 Å². The monoisotopic (exact) mass is 330 g/mol. The van der Waals surface area contributed by atoms with Crippen LogP contribution in [-0.2, 0) is 19.5 Å². The molecule has 24 heavy (non-hydrogen) atoms. The van der Waals surface area contributed by atoms with E-state index in [9.17, 15) is 0 Å². The lowest BCUT2D eigenvalue weighted by molar-refractivity contribution is 0.408. The van der Waals surface area contributed by atoms with Crippen molar-refractivity contribution in [2.75, 3.05) is 20.7 Å². The van der Waals surface area contributed by atoms with Gasteiger partial charge in [0.05, 0.1) is 7.11 Å². The van der Waals surface area contributed by atoms with Crippen molar-refractivity contribution < 1.29 is 4.74 Å². The van der Waals surface area contributed by atoms with Crippen molar-refractivity contribution in [3.05, 3.63) is 41.5 Å². The second-order valence-electron chi connectivity index (χ2n) is 5.46. The highest BCUT2D eigenvalue weighted by Gasteiger charge is 2.05. The van der Waals surface area contributed by atoms with Gasteiger partial charge in [-0.05, 0) is 18.6 Å². The number of rotatable bonds is 7. The average Bonchev–Trinajstić information content (AvgIpc) is 3.06. The summed E-state index contributed by atoms with van der Waals surface area (Å²) in [4.78, 5) is 4.25. The topological polar surface area (TPSA) is 76.4 Å². The molecular weight excluding hydrogens is 304 g/mol. The number of aromatic nitrogens is 3. The van der Waals surface area contributed by atoms with Gasteiger partial charge in [-0.15, -0.1) is 10.2 Å². The fourth-order valence-corrected chi connectivity index (χ4v) is 2.43. The molecule has 2 rings (SSSR count). The van der Waals surface area contributed by atoms with Gasteiger partial charge in [0.2, 0.25) is 0 Å².